The summed E-state index contributed by atoms with van der Waals surface area (Å²) in [7, 11) is 1.66. The minimum absolute atomic E-state index is 0.710. The molecule has 3 rings (SSSR count). The van der Waals surface area contributed by atoms with Gasteiger partial charge in [-0.3, -0.25) is 0 Å². The Kier molecular flexibility index (Phi) is 7.54. The van der Waals surface area contributed by atoms with Gasteiger partial charge in [-0.1, -0.05) is 35.5 Å². The zero-order chi connectivity index (χ0) is 19.8. The maximum Gasteiger partial charge on any atom is 0.142 e. The minimum Gasteiger partial charge on any atom is -0.501 e. The number of ether oxygens (including phenoxy) is 1. The van der Waals surface area contributed by atoms with Crippen molar-refractivity contribution in [2.75, 3.05) is 7.11 Å². The summed E-state index contributed by atoms with van der Waals surface area (Å²) in [6.45, 7) is 3.92. The van der Waals surface area contributed by atoms with Gasteiger partial charge in [-0.2, -0.15) is 0 Å². The molecule has 0 unspecified atom stereocenters. The maximum atomic E-state index is 6.08. The minimum atomic E-state index is 0.710. The Morgan fingerprint density at radius 2 is 2.04 bits per heavy atom. The van der Waals surface area contributed by atoms with Gasteiger partial charge in [0.1, 0.15) is 17.0 Å². The Hall–Kier alpha value is -2.68. The average molecular weight is 398 g/mol. The lowest BCUT2D eigenvalue weighted by Crippen LogP contribution is -1.85. The van der Waals surface area contributed by atoms with Crippen LogP contribution in [0.25, 0.3) is 16.6 Å². The van der Waals surface area contributed by atoms with E-state index in [1.807, 2.05) is 50.3 Å². The van der Waals surface area contributed by atoms with E-state index in [9.17, 15) is 0 Å². The molecule has 6 heteroatoms. The van der Waals surface area contributed by atoms with Crippen LogP contribution in [0.3, 0.4) is 0 Å². The quantitative estimate of drug-likeness (QED) is 0.249. The van der Waals surface area contributed by atoms with Crippen LogP contribution in [0.1, 0.15) is 19.5 Å². The number of rotatable bonds is 5. The van der Waals surface area contributed by atoms with Crippen molar-refractivity contribution in [1.82, 2.24) is 15.0 Å². The van der Waals surface area contributed by atoms with Crippen LogP contribution in [-0.2, 0) is 4.74 Å². The summed E-state index contributed by atoms with van der Waals surface area (Å²) in [6, 6.07) is 9.80. The number of H-pyrrole nitrogens is 1. The predicted molar refractivity (Wildman–Crippen MR) is 114 cm³/mol. The molecular weight excluding hydrogens is 378 g/mol. The molecule has 27 heavy (non-hydrogen) atoms. The summed E-state index contributed by atoms with van der Waals surface area (Å²) in [5.74, 6) is 0.839. The third kappa shape index (κ3) is 5.16. The molecule has 0 aliphatic rings. The molecule has 2 aromatic heterocycles. The second kappa shape index (κ2) is 9.86. The second-order valence-electron chi connectivity index (χ2n) is 5.39. The molecule has 2 heterocycles. The van der Waals surface area contributed by atoms with Crippen molar-refractivity contribution in [2.24, 2.45) is 0 Å². The summed E-state index contributed by atoms with van der Waals surface area (Å²) < 4.78 is 5.25. The van der Waals surface area contributed by atoms with E-state index >= 15 is 0 Å². The number of terminal acetylenes is 1. The van der Waals surface area contributed by atoms with Crippen LogP contribution in [0.15, 0.2) is 64.5 Å². The lowest BCUT2D eigenvalue weighted by molar-refractivity contribution is 0.294. The second-order valence-corrected chi connectivity index (χ2v) is 6.89. The van der Waals surface area contributed by atoms with Crippen molar-refractivity contribution in [3.05, 3.63) is 65.3 Å². The molecule has 4 nitrogen and oxygen atoms in total. The molecular formula is C21H20ClN3OS. The van der Waals surface area contributed by atoms with Crippen molar-refractivity contribution >= 4 is 40.0 Å². The fraction of sp³-hybridized carbons (Fsp3) is 0.143. The van der Waals surface area contributed by atoms with Crippen LogP contribution in [0.4, 0.5) is 0 Å². The number of hydrogen-bond acceptors (Lipinski definition) is 4. The van der Waals surface area contributed by atoms with Gasteiger partial charge < -0.3 is 9.72 Å². The van der Waals surface area contributed by atoms with E-state index in [1.165, 1.54) is 0 Å². The van der Waals surface area contributed by atoms with Crippen molar-refractivity contribution < 1.29 is 4.74 Å². The molecule has 0 saturated carbocycles. The van der Waals surface area contributed by atoms with Gasteiger partial charge in [0.2, 0.25) is 0 Å². The first-order chi connectivity index (χ1) is 13.1. The zero-order valence-electron chi connectivity index (χ0n) is 15.4. The number of allylic oxidation sites excluding steroid dienone is 4. The number of methoxy groups -OCH3 is 1. The fourth-order valence-corrected chi connectivity index (χ4v) is 3.57. The number of aromatic nitrogens is 3. The van der Waals surface area contributed by atoms with Crippen LogP contribution in [0, 0.1) is 12.8 Å². The van der Waals surface area contributed by atoms with Gasteiger partial charge in [0.15, 0.2) is 0 Å². The van der Waals surface area contributed by atoms with Crippen LogP contribution >= 0.6 is 23.4 Å². The SMILES string of the molecule is C#C.C/C=C(\C=C(/C)OC)c1cc2c(Sc3cccc(Cl)c3)ncnc2[nH]1. The number of benzene rings is 1. The lowest BCUT2D eigenvalue weighted by Gasteiger charge is -2.02. The Labute approximate surface area is 168 Å². The van der Waals surface area contributed by atoms with Crippen molar-refractivity contribution in [3.8, 4) is 12.8 Å². The highest BCUT2D eigenvalue weighted by molar-refractivity contribution is 7.99. The van der Waals surface area contributed by atoms with Crippen LogP contribution < -0.4 is 0 Å². The topological polar surface area (TPSA) is 50.8 Å². The van der Waals surface area contributed by atoms with E-state index in [0.717, 1.165) is 38.0 Å². The maximum absolute atomic E-state index is 6.08. The third-order valence-electron chi connectivity index (χ3n) is 3.70. The standard InChI is InChI=1S/C19H18ClN3OS.C2H2/c1-4-13(8-12(2)24-3)17-10-16-18(23-17)21-11-22-19(16)25-15-7-5-6-14(20)9-15;1-2/h4-11H,1-3H3,(H,21,22,23);1-2H/b12-8+,13-4+;. The largest absolute Gasteiger partial charge is 0.501 e. The van der Waals surface area contributed by atoms with E-state index in [-0.39, 0.29) is 0 Å². The highest BCUT2D eigenvalue weighted by Gasteiger charge is 2.11. The number of nitrogens with zero attached hydrogens (tertiary/aromatic N) is 2. The van der Waals surface area contributed by atoms with Gasteiger partial charge in [0, 0.05) is 15.6 Å². The molecule has 0 bridgehead atoms. The average Bonchev–Trinajstić information content (AvgIpc) is 3.12. The van der Waals surface area contributed by atoms with Crippen molar-refractivity contribution in [1.29, 1.82) is 0 Å². The van der Waals surface area contributed by atoms with Crippen LogP contribution in [-0.4, -0.2) is 22.1 Å². The Morgan fingerprint density at radius 1 is 1.26 bits per heavy atom. The van der Waals surface area contributed by atoms with E-state index in [4.69, 9.17) is 16.3 Å². The Balaban J connectivity index is 0.00000126. The molecule has 0 radical (unpaired) electrons. The number of fused-ring (bicyclic) bond motifs is 1. The van der Waals surface area contributed by atoms with Gasteiger partial charge >= 0.3 is 0 Å². The van der Waals surface area contributed by atoms with E-state index in [0.29, 0.717) is 5.02 Å². The van der Waals surface area contributed by atoms with E-state index < -0.39 is 0 Å². The van der Waals surface area contributed by atoms with Crippen LogP contribution in [0.2, 0.25) is 5.02 Å². The fourth-order valence-electron chi connectivity index (χ4n) is 2.39. The van der Waals surface area contributed by atoms with Gasteiger partial charge in [-0.05, 0) is 49.8 Å². The molecule has 138 valence electrons. The smallest absolute Gasteiger partial charge is 0.142 e. The molecule has 0 aliphatic heterocycles. The Bertz CT molecular complexity index is 1000. The zero-order valence-corrected chi connectivity index (χ0v) is 16.9. The highest BCUT2D eigenvalue weighted by atomic mass is 35.5. The van der Waals surface area contributed by atoms with E-state index in [1.54, 1.807) is 25.2 Å². The summed E-state index contributed by atoms with van der Waals surface area (Å²) in [5, 5.41) is 2.57. The first-order valence-electron chi connectivity index (χ1n) is 8.10. The number of nitrogens with one attached hydrogen (secondary N) is 1. The molecule has 1 N–H and O–H groups in total. The molecule has 1 aromatic carbocycles. The predicted octanol–water partition coefficient (Wildman–Crippen LogP) is 5.97. The number of aromatic amines is 1. The Morgan fingerprint density at radius 3 is 2.70 bits per heavy atom. The number of hydrogen-bond donors (Lipinski definition) is 1. The molecule has 0 spiro atoms. The monoisotopic (exact) mass is 397 g/mol. The summed E-state index contributed by atoms with van der Waals surface area (Å²) in [4.78, 5) is 13.2. The summed E-state index contributed by atoms with van der Waals surface area (Å²) >= 11 is 7.65. The normalized spacial score (nSPS) is 11.8. The number of halogens is 1. The van der Waals surface area contributed by atoms with E-state index in [2.05, 4.69) is 33.9 Å². The summed E-state index contributed by atoms with van der Waals surface area (Å²) in [6.07, 6.45) is 13.6. The molecule has 0 saturated heterocycles. The van der Waals surface area contributed by atoms with Crippen molar-refractivity contribution in [3.63, 3.8) is 0 Å². The third-order valence-corrected chi connectivity index (χ3v) is 4.95. The molecule has 0 fully saturated rings. The van der Waals surface area contributed by atoms with Crippen LogP contribution in [0.5, 0.6) is 0 Å². The molecule has 0 atom stereocenters. The molecule has 0 aliphatic carbocycles. The lowest BCUT2D eigenvalue weighted by atomic mass is 10.1. The van der Waals surface area contributed by atoms with Crippen molar-refractivity contribution in [2.45, 2.75) is 23.8 Å². The molecule has 0 amide bonds. The van der Waals surface area contributed by atoms with Gasteiger partial charge in [0.05, 0.1) is 18.3 Å². The van der Waals surface area contributed by atoms with Gasteiger partial charge in [-0.25, -0.2) is 9.97 Å². The highest BCUT2D eigenvalue weighted by Crippen LogP contribution is 2.33. The van der Waals surface area contributed by atoms with Gasteiger partial charge in [0.25, 0.3) is 0 Å². The molecule has 3 aromatic rings. The van der Waals surface area contributed by atoms with Gasteiger partial charge in [-0.15, -0.1) is 12.8 Å². The first kappa shape index (κ1) is 20.6. The first-order valence-corrected chi connectivity index (χ1v) is 9.29. The summed E-state index contributed by atoms with van der Waals surface area (Å²) in [5.41, 5.74) is 2.82.